The van der Waals surface area contributed by atoms with E-state index in [2.05, 4.69) is 0 Å². The van der Waals surface area contributed by atoms with E-state index in [1.165, 1.54) is 6.07 Å². The molecule has 130 valence electrons. The summed E-state index contributed by atoms with van der Waals surface area (Å²) in [6, 6.07) is 12.4. The molecule has 6 nitrogen and oxygen atoms in total. The van der Waals surface area contributed by atoms with E-state index in [-0.39, 0.29) is 35.5 Å². The van der Waals surface area contributed by atoms with Gasteiger partial charge < -0.3 is 29.2 Å². The van der Waals surface area contributed by atoms with Gasteiger partial charge in [-0.2, -0.15) is 0 Å². The van der Waals surface area contributed by atoms with Crippen LogP contribution in [0.25, 0.3) is 0 Å². The van der Waals surface area contributed by atoms with E-state index >= 15 is 0 Å². The van der Waals surface area contributed by atoms with Crippen LogP contribution in [0.2, 0.25) is 0 Å². The highest BCUT2D eigenvalue weighted by molar-refractivity contribution is 5.43. The number of fused-ring (bicyclic) bond motifs is 2. The Balaban J connectivity index is 1.34. The van der Waals surface area contributed by atoms with Gasteiger partial charge in [-0.3, -0.25) is 0 Å². The molecule has 2 N–H and O–H groups in total. The number of para-hydroxylation sites is 2. The Morgan fingerprint density at radius 1 is 0.800 bits per heavy atom. The second-order valence-corrected chi connectivity index (χ2v) is 6.68. The highest BCUT2D eigenvalue weighted by atomic mass is 16.7. The number of benzene rings is 2. The van der Waals surface area contributed by atoms with Crippen molar-refractivity contribution in [3.63, 3.8) is 0 Å². The molecule has 2 aromatic carbocycles. The molecule has 3 aliphatic rings. The number of hydrogen-bond donors (Lipinski definition) is 2. The standard InChI is InChI=1S/C19H18O6/c20-13-6-5-10(7-14(13)21)17-11-8-23-18(12(11)9-22-17)19-24-15-3-1-2-4-16(15)25-19/h1-7,11-12,17-21H,8-9H2/t11-,12-,17+,18-/m0/s1. The minimum absolute atomic E-state index is 0.135. The molecule has 4 atom stereocenters. The number of rotatable bonds is 2. The maximum atomic E-state index is 9.75. The first-order valence-electron chi connectivity index (χ1n) is 8.38. The molecule has 3 aliphatic heterocycles. The van der Waals surface area contributed by atoms with Crippen LogP contribution < -0.4 is 9.47 Å². The summed E-state index contributed by atoms with van der Waals surface area (Å²) in [5, 5.41) is 19.2. The van der Waals surface area contributed by atoms with Gasteiger partial charge in [-0.15, -0.1) is 0 Å². The molecular formula is C19H18O6. The highest BCUT2D eigenvalue weighted by Crippen LogP contribution is 2.48. The predicted octanol–water partition coefficient (Wildman–Crippen LogP) is 2.60. The van der Waals surface area contributed by atoms with Crippen LogP contribution in [0, 0.1) is 11.8 Å². The molecule has 0 unspecified atom stereocenters. The summed E-state index contributed by atoms with van der Waals surface area (Å²) in [6.45, 7) is 1.09. The molecule has 0 saturated carbocycles. The first-order valence-corrected chi connectivity index (χ1v) is 8.38. The van der Waals surface area contributed by atoms with E-state index in [1.807, 2.05) is 24.3 Å². The SMILES string of the molecule is Oc1ccc([C@H]2OC[C@H]3[C@@H]2CO[C@@H]3C2Oc3ccccc3O2)cc1O. The Kier molecular flexibility index (Phi) is 3.29. The molecule has 0 radical (unpaired) electrons. The van der Waals surface area contributed by atoms with Gasteiger partial charge in [0.2, 0.25) is 0 Å². The fraction of sp³-hybridized carbons (Fsp3) is 0.368. The van der Waals surface area contributed by atoms with Gasteiger partial charge in [-0.1, -0.05) is 18.2 Å². The van der Waals surface area contributed by atoms with Gasteiger partial charge in [0, 0.05) is 11.8 Å². The van der Waals surface area contributed by atoms with Crippen LogP contribution in [0.15, 0.2) is 42.5 Å². The topological polar surface area (TPSA) is 77.4 Å². The Morgan fingerprint density at radius 3 is 2.24 bits per heavy atom. The van der Waals surface area contributed by atoms with Crippen molar-refractivity contribution in [2.24, 2.45) is 11.8 Å². The fourth-order valence-electron chi connectivity index (χ4n) is 3.98. The second-order valence-electron chi connectivity index (χ2n) is 6.68. The lowest BCUT2D eigenvalue weighted by atomic mass is 9.87. The third-order valence-corrected chi connectivity index (χ3v) is 5.24. The maximum Gasteiger partial charge on any atom is 0.267 e. The monoisotopic (exact) mass is 342 g/mol. The molecule has 0 spiro atoms. The van der Waals surface area contributed by atoms with Crippen molar-refractivity contribution >= 4 is 0 Å². The fourth-order valence-corrected chi connectivity index (χ4v) is 3.98. The van der Waals surface area contributed by atoms with Crippen molar-refractivity contribution in [3.8, 4) is 23.0 Å². The van der Waals surface area contributed by atoms with Gasteiger partial charge in [0.15, 0.2) is 23.0 Å². The van der Waals surface area contributed by atoms with Crippen LogP contribution in [-0.2, 0) is 9.47 Å². The number of aromatic hydroxyl groups is 2. The van der Waals surface area contributed by atoms with Crippen LogP contribution >= 0.6 is 0 Å². The summed E-state index contributed by atoms with van der Waals surface area (Å²) >= 11 is 0. The van der Waals surface area contributed by atoms with E-state index in [4.69, 9.17) is 18.9 Å². The van der Waals surface area contributed by atoms with Crippen LogP contribution in [0.3, 0.4) is 0 Å². The normalized spacial score (nSPS) is 30.6. The summed E-state index contributed by atoms with van der Waals surface area (Å²) in [4.78, 5) is 0. The van der Waals surface area contributed by atoms with Crippen molar-refractivity contribution in [2.75, 3.05) is 13.2 Å². The van der Waals surface area contributed by atoms with Crippen molar-refractivity contribution in [1.82, 2.24) is 0 Å². The zero-order valence-electron chi connectivity index (χ0n) is 13.4. The lowest BCUT2D eigenvalue weighted by Crippen LogP contribution is -2.38. The zero-order chi connectivity index (χ0) is 17.0. The number of ether oxygens (including phenoxy) is 4. The van der Waals surface area contributed by atoms with Crippen LogP contribution in [0.1, 0.15) is 11.7 Å². The zero-order valence-corrected chi connectivity index (χ0v) is 13.4. The number of hydrogen-bond acceptors (Lipinski definition) is 6. The third-order valence-electron chi connectivity index (χ3n) is 5.24. The molecule has 6 heteroatoms. The van der Waals surface area contributed by atoms with Crippen LogP contribution in [0.4, 0.5) is 0 Å². The summed E-state index contributed by atoms with van der Waals surface area (Å²) in [6.07, 6.45) is -0.846. The molecule has 0 aromatic heterocycles. The molecule has 0 amide bonds. The smallest absolute Gasteiger partial charge is 0.267 e. The lowest BCUT2D eigenvalue weighted by molar-refractivity contribution is -0.0928. The second kappa shape index (κ2) is 5.54. The van der Waals surface area contributed by atoms with E-state index in [1.54, 1.807) is 12.1 Å². The minimum atomic E-state index is -0.469. The van der Waals surface area contributed by atoms with Crippen LogP contribution in [0.5, 0.6) is 23.0 Å². The average molecular weight is 342 g/mol. The molecule has 0 aliphatic carbocycles. The first kappa shape index (κ1) is 14.9. The van der Waals surface area contributed by atoms with Crippen molar-refractivity contribution in [3.05, 3.63) is 48.0 Å². The quantitative estimate of drug-likeness (QED) is 0.817. The Morgan fingerprint density at radius 2 is 1.52 bits per heavy atom. The molecule has 2 saturated heterocycles. The molecule has 5 rings (SSSR count). The van der Waals surface area contributed by atoms with E-state index < -0.39 is 6.29 Å². The van der Waals surface area contributed by atoms with Gasteiger partial charge in [-0.25, -0.2) is 0 Å². The summed E-state index contributed by atoms with van der Waals surface area (Å²) < 4.78 is 23.8. The van der Waals surface area contributed by atoms with Crippen LogP contribution in [-0.4, -0.2) is 35.8 Å². The van der Waals surface area contributed by atoms with E-state index in [0.29, 0.717) is 13.2 Å². The van der Waals surface area contributed by atoms with Gasteiger partial charge in [0.1, 0.15) is 6.10 Å². The average Bonchev–Trinajstić information content (AvgIpc) is 3.30. The van der Waals surface area contributed by atoms with Gasteiger partial charge in [-0.05, 0) is 29.8 Å². The minimum Gasteiger partial charge on any atom is -0.504 e. The molecule has 25 heavy (non-hydrogen) atoms. The molecule has 2 aromatic rings. The van der Waals surface area contributed by atoms with E-state index in [0.717, 1.165) is 17.1 Å². The highest BCUT2D eigenvalue weighted by Gasteiger charge is 2.52. The first-order chi connectivity index (χ1) is 12.2. The Bertz CT molecular complexity index is 781. The van der Waals surface area contributed by atoms with Crippen molar-refractivity contribution in [1.29, 1.82) is 0 Å². The Labute approximate surface area is 144 Å². The third kappa shape index (κ3) is 2.33. The van der Waals surface area contributed by atoms with Gasteiger partial charge in [0.25, 0.3) is 6.29 Å². The molecule has 3 heterocycles. The largest absolute Gasteiger partial charge is 0.504 e. The van der Waals surface area contributed by atoms with Crippen molar-refractivity contribution < 1.29 is 29.2 Å². The van der Waals surface area contributed by atoms with Crippen molar-refractivity contribution in [2.45, 2.75) is 18.5 Å². The number of phenols is 2. The molecule has 0 bridgehead atoms. The Hall–Kier alpha value is -2.44. The summed E-state index contributed by atoms with van der Waals surface area (Å²) in [7, 11) is 0. The van der Waals surface area contributed by atoms with Gasteiger partial charge >= 0.3 is 0 Å². The van der Waals surface area contributed by atoms with E-state index in [9.17, 15) is 10.2 Å². The predicted molar refractivity (Wildman–Crippen MR) is 86.7 cm³/mol. The maximum absolute atomic E-state index is 9.75. The molecular weight excluding hydrogens is 324 g/mol. The van der Waals surface area contributed by atoms with Gasteiger partial charge in [0.05, 0.1) is 19.3 Å². The number of phenolic OH excluding ortho intramolecular Hbond substituents is 2. The summed E-state index contributed by atoms with van der Waals surface area (Å²) in [5.74, 6) is 1.50. The molecule has 2 fully saturated rings. The summed E-state index contributed by atoms with van der Waals surface area (Å²) in [5.41, 5.74) is 0.837. The lowest BCUT2D eigenvalue weighted by Gasteiger charge is -2.21.